The summed E-state index contributed by atoms with van der Waals surface area (Å²) in [6, 6.07) is 13.1. The fourth-order valence-electron chi connectivity index (χ4n) is 2.90. The molecule has 7 nitrogen and oxygen atoms in total. The van der Waals surface area contributed by atoms with Crippen LogP contribution in [0.4, 0.5) is 10.6 Å². The average Bonchev–Trinajstić information content (AvgIpc) is 2.92. The lowest BCUT2D eigenvalue weighted by atomic mass is 9.77. The average molecular weight is 409 g/mol. The van der Waals surface area contributed by atoms with E-state index in [0.717, 1.165) is 11.1 Å². The molecule has 8 heteroatoms. The van der Waals surface area contributed by atoms with Crippen LogP contribution in [0.3, 0.4) is 0 Å². The van der Waals surface area contributed by atoms with Crippen LogP contribution in [0, 0.1) is 0 Å². The number of amides is 1. The Bertz CT molecular complexity index is 900. The van der Waals surface area contributed by atoms with Crippen molar-refractivity contribution in [2.24, 2.45) is 0 Å². The number of carbonyl (C=O) groups excluding carboxylic acids is 1. The van der Waals surface area contributed by atoms with E-state index in [-0.39, 0.29) is 13.2 Å². The highest BCUT2D eigenvalue weighted by molar-refractivity contribution is 6.56. The van der Waals surface area contributed by atoms with Crippen molar-refractivity contribution in [3.8, 4) is 0 Å². The predicted molar refractivity (Wildman–Crippen MR) is 117 cm³/mol. The second-order valence-corrected chi connectivity index (χ2v) is 8.20. The Morgan fingerprint density at radius 1 is 1.13 bits per heavy atom. The van der Waals surface area contributed by atoms with Gasteiger partial charge in [-0.2, -0.15) is 0 Å². The van der Waals surface area contributed by atoms with Gasteiger partial charge in [-0.15, -0.1) is 0 Å². The molecular weight excluding hydrogens is 381 g/mol. The zero-order valence-electron chi connectivity index (χ0n) is 17.8. The Kier molecular flexibility index (Phi) is 6.48. The van der Waals surface area contributed by atoms with Crippen molar-refractivity contribution < 1.29 is 18.8 Å². The molecule has 0 spiro atoms. The van der Waals surface area contributed by atoms with E-state index < -0.39 is 24.4 Å². The third-order valence-corrected chi connectivity index (χ3v) is 5.42. The molecule has 2 heterocycles. The first-order chi connectivity index (χ1) is 14.2. The third kappa shape index (κ3) is 5.20. The molecule has 0 saturated carbocycles. The van der Waals surface area contributed by atoms with E-state index in [2.05, 4.69) is 10.3 Å². The lowest BCUT2D eigenvalue weighted by molar-refractivity contribution is 0.00578. The molecule has 2 aromatic rings. The molecule has 1 amide bonds. The maximum absolute atomic E-state index is 12.2. The summed E-state index contributed by atoms with van der Waals surface area (Å²) in [7, 11) is -0.635. The summed E-state index contributed by atoms with van der Waals surface area (Å²) in [5, 5.41) is 2.77. The maximum Gasteiger partial charge on any atom is 0.492 e. The van der Waals surface area contributed by atoms with Crippen LogP contribution in [0.15, 0.2) is 54.1 Å². The van der Waals surface area contributed by atoms with E-state index in [4.69, 9.17) is 19.8 Å². The summed E-state index contributed by atoms with van der Waals surface area (Å²) < 4.78 is 17.6. The number of nitrogens with one attached hydrogen (secondary N) is 1. The highest BCUT2D eigenvalue weighted by atomic mass is 16.7. The van der Waals surface area contributed by atoms with Gasteiger partial charge in [-0.05, 0) is 50.9 Å². The minimum atomic E-state index is -0.635. The van der Waals surface area contributed by atoms with Gasteiger partial charge in [0, 0.05) is 18.3 Å². The number of anilines is 1. The van der Waals surface area contributed by atoms with Gasteiger partial charge in [-0.1, -0.05) is 36.4 Å². The van der Waals surface area contributed by atoms with Crippen LogP contribution in [0.2, 0.25) is 0 Å². The van der Waals surface area contributed by atoms with Gasteiger partial charge in [0.2, 0.25) is 0 Å². The number of benzene rings is 1. The van der Waals surface area contributed by atoms with Crippen molar-refractivity contribution in [3.05, 3.63) is 65.3 Å². The number of aromatic nitrogens is 1. The third-order valence-electron chi connectivity index (χ3n) is 5.42. The number of rotatable bonds is 6. The van der Waals surface area contributed by atoms with E-state index in [0.29, 0.717) is 11.3 Å². The van der Waals surface area contributed by atoms with Crippen molar-refractivity contribution in [3.63, 3.8) is 0 Å². The Morgan fingerprint density at radius 3 is 2.43 bits per heavy atom. The lowest BCUT2D eigenvalue weighted by Gasteiger charge is -2.32. The largest absolute Gasteiger partial charge is 0.492 e. The standard InChI is InChI=1S/C22H28BN3O4/c1-21(2)22(3,4)30-23(29-21)18(13-17-11-8-12-25-19(17)24)14-26-20(27)28-15-16-9-6-5-7-10-16/h5-13H,14-15H2,1-4H3,(H2,24,25)(H,26,27). The summed E-state index contributed by atoms with van der Waals surface area (Å²) in [4.78, 5) is 16.3. The Morgan fingerprint density at radius 2 is 1.80 bits per heavy atom. The Hall–Kier alpha value is -2.84. The molecule has 1 aliphatic heterocycles. The van der Waals surface area contributed by atoms with E-state index in [1.807, 2.05) is 70.2 Å². The van der Waals surface area contributed by atoms with Gasteiger partial charge >= 0.3 is 13.2 Å². The summed E-state index contributed by atoms with van der Waals surface area (Å²) in [6.07, 6.45) is 2.93. The zero-order valence-corrected chi connectivity index (χ0v) is 17.8. The molecule has 158 valence electrons. The number of nitrogens with zero attached hydrogens (tertiary/aromatic N) is 1. The fraction of sp³-hybridized carbons (Fsp3) is 0.364. The van der Waals surface area contributed by atoms with Crippen molar-refractivity contribution in [2.75, 3.05) is 12.3 Å². The molecule has 1 aromatic carbocycles. The van der Waals surface area contributed by atoms with Crippen LogP contribution >= 0.6 is 0 Å². The molecule has 0 bridgehead atoms. The molecule has 3 N–H and O–H groups in total. The molecule has 0 atom stereocenters. The minimum absolute atomic E-state index is 0.179. The van der Waals surface area contributed by atoms with Crippen LogP contribution in [-0.4, -0.2) is 35.9 Å². The molecule has 0 aliphatic carbocycles. The van der Waals surface area contributed by atoms with E-state index in [1.165, 1.54) is 0 Å². The van der Waals surface area contributed by atoms with Gasteiger partial charge in [-0.3, -0.25) is 0 Å². The van der Waals surface area contributed by atoms with Crippen LogP contribution in [0.1, 0.15) is 38.8 Å². The van der Waals surface area contributed by atoms with E-state index >= 15 is 0 Å². The minimum Gasteiger partial charge on any atom is -0.445 e. The number of nitrogen functional groups attached to an aromatic ring is 1. The quantitative estimate of drug-likeness (QED) is 0.708. The Labute approximate surface area is 177 Å². The zero-order chi connectivity index (χ0) is 21.8. The smallest absolute Gasteiger partial charge is 0.445 e. The number of pyridine rings is 1. The number of hydrogen-bond donors (Lipinski definition) is 2. The molecular formula is C22H28BN3O4. The van der Waals surface area contributed by atoms with Crippen molar-refractivity contribution in [1.82, 2.24) is 10.3 Å². The highest BCUT2D eigenvalue weighted by Crippen LogP contribution is 2.38. The summed E-state index contributed by atoms with van der Waals surface area (Å²) >= 11 is 0. The Balaban J connectivity index is 1.72. The maximum atomic E-state index is 12.2. The second kappa shape index (κ2) is 8.89. The van der Waals surface area contributed by atoms with Crippen molar-refractivity contribution in [1.29, 1.82) is 0 Å². The second-order valence-electron chi connectivity index (χ2n) is 8.20. The molecule has 30 heavy (non-hydrogen) atoms. The number of hydrogen-bond acceptors (Lipinski definition) is 6. The molecule has 1 aliphatic rings. The molecule has 3 rings (SSSR count). The first-order valence-electron chi connectivity index (χ1n) is 9.89. The summed E-state index contributed by atoms with van der Waals surface area (Å²) in [5.41, 5.74) is 7.33. The van der Waals surface area contributed by atoms with Crippen molar-refractivity contribution >= 4 is 25.1 Å². The van der Waals surface area contributed by atoms with E-state index in [9.17, 15) is 4.79 Å². The summed E-state index contributed by atoms with van der Waals surface area (Å²) in [5.74, 6) is 0.387. The van der Waals surface area contributed by atoms with Crippen LogP contribution in [-0.2, 0) is 20.7 Å². The van der Waals surface area contributed by atoms with E-state index in [1.54, 1.807) is 12.3 Å². The monoisotopic (exact) mass is 409 g/mol. The van der Waals surface area contributed by atoms with Gasteiger partial charge in [-0.25, -0.2) is 9.78 Å². The molecule has 1 fully saturated rings. The first kappa shape index (κ1) is 21.9. The van der Waals surface area contributed by atoms with Gasteiger partial charge in [0.25, 0.3) is 0 Å². The fourth-order valence-corrected chi connectivity index (χ4v) is 2.90. The highest BCUT2D eigenvalue weighted by Gasteiger charge is 2.52. The van der Waals surface area contributed by atoms with Crippen LogP contribution in [0.5, 0.6) is 0 Å². The van der Waals surface area contributed by atoms with Gasteiger partial charge in [0.15, 0.2) is 0 Å². The molecule has 1 aromatic heterocycles. The number of alkyl carbamates (subject to hydrolysis) is 1. The first-order valence-corrected chi connectivity index (χ1v) is 9.89. The molecule has 0 radical (unpaired) electrons. The number of nitrogens with two attached hydrogens (primary N) is 1. The molecule has 0 unspecified atom stereocenters. The number of carbonyl (C=O) groups is 1. The SMILES string of the molecule is CC1(C)OB(C(=Cc2cccnc2N)CNC(=O)OCc2ccccc2)OC1(C)C. The van der Waals surface area contributed by atoms with Gasteiger partial charge in [0.05, 0.1) is 11.2 Å². The lowest BCUT2D eigenvalue weighted by Crippen LogP contribution is -2.41. The van der Waals surface area contributed by atoms with Gasteiger partial charge < -0.3 is 25.1 Å². The molecule has 1 saturated heterocycles. The number of ether oxygens (including phenoxy) is 1. The van der Waals surface area contributed by atoms with Crippen molar-refractivity contribution in [2.45, 2.75) is 45.5 Å². The van der Waals surface area contributed by atoms with Gasteiger partial charge in [0.1, 0.15) is 12.4 Å². The summed E-state index contributed by atoms with van der Waals surface area (Å²) in [6.45, 7) is 8.28. The predicted octanol–water partition coefficient (Wildman–Crippen LogP) is 3.61. The topological polar surface area (TPSA) is 95.7 Å². The van der Waals surface area contributed by atoms with Crippen LogP contribution in [0.25, 0.3) is 6.08 Å². The normalized spacial score (nSPS) is 17.6. The van der Waals surface area contributed by atoms with Crippen LogP contribution < -0.4 is 11.1 Å².